The van der Waals surface area contributed by atoms with Crippen molar-refractivity contribution in [3.05, 3.63) is 35.4 Å². The van der Waals surface area contributed by atoms with Crippen molar-refractivity contribution in [3.63, 3.8) is 0 Å². The van der Waals surface area contributed by atoms with Crippen LogP contribution in [0.2, 0.25) is 0 Å². The summed E-state index contributed by atoms with van der Waals surface area (Å²) in [5, 5.41) is 27.8. The van der Waals surface area contributed by atoms with Gasteiger partial charge in [0.1, 0.15) is 17.8 Å². The lowest BCUT2D eigenvalue weighted by atomic mass is 10.0. The molecule has 0 heterocycles. The fourth-order valence-corrected chi connectivity index (χ4v) is 1.48. The van der Waals surface area contributed by atoms with Crippen LogP contribution in [0.15, 0.2) is 24.3 Å². The molecule has 3 N–H and O–H groups in total. The fourth-order valence-electron chi connectivity index (χ4n) is 1.48. The van der Waals surface area contributed by atoms with Gasteiger partial charge >= 0.3 is 5.97 Å². The number of hydrogen-bond acceptors (Lipinski definition) is 5. The Bertz CT molecular complexity index is 418. The molecule has 1 rings (SSSR count). The van der Waals surface area contributed by atoms with E-state index in [9.17, 15) is 15.0 Å². The van der Waals surface area contributed by atoms with E-state index in [4.69, 9.17) is 9.84 Å². The van der Waals surface area contributed by atoms with Gasteiger partial charge in [-0.2, -0.15) is 0 Å². The minimum absolute atomic E-state index is 0.365. The lowest BCUT2D eigenvalue weighted by Crippen LogP contribution is -2.24. The first-order valence-electron chi connectivity index (χ1n) is 6.05. The van der Waals surface area contributed by atoms with Crippen molar-refractivity contribution in [1.82, 2.24) is 0 Å². The zero-order valence-electron chi connectivity index (χ0n) is 11.3. The van der Waals surface area contributed by atoms with E-state index in [-0.39, 0.29) is 0 Å². The van der Waals surface area contributed by atoms with Gasteiger partial charge in [-0.05, 0) is 38.5 Å². The molecule has 5 heteroatoms. The Morgan fingerprint density at radius 1 is 1.21 bits per heavy atom. The minimum Gasteiger partial charge on any atom is -0.456 e. The van der Waals surface area contributed by atoms with Gasteiger partial charge in [-0.1, -0.05) is 12.1 Å². The third-order valence-corrected chi connectivity index (χ3v) is 2.44. The van der Waals surface area contributed by atoms with Crippen molar-refractivity contribution in [2.45, 2.75) is 38.6 Å². The standard InChI is InChI=1S/C14H20O5/c1-14(2,3)19-13(18)10-6-4-9(5-7-10)12(17)11(16)8-15/h4-7,11-12,15-17H,8H2,1-3H3. The summed E-state index contributed by atoms with van der Waals surface area (Å²) < 4.78 is 5.20. The van der Waals surface area contributed by atoms with Crippen LogP contribution in [-0.4, -0.2) is 39.6 Å². The Kier molecular flexibility index (Phi) is 5.05. The Morgan fingerprint density at radius 2 is 1.74 bits per heavy atom. The average Bonchev–Trinajstić information content (AvgIpc) is 2.35. The normalized spacial score (nSPS) is 14.8. The summed E-state index contributed by atoms with van der Waals surface area (Å²) in [5.74, 6) is -0.448. The summed E-state index contributed by atoms with van der Waals surface area (Å²) in [4.78, 5) is 11.8. The molecule has 0 spiro atoms. The molecule has 0 saturated carbocycles. The van der Waals surface area contributed by atoms with Crippen LogP contribution in [0.1, 0.15) is 42.8 Å². The topological polar surface area (TPSA) is 87.0 Å². The molecule has 0 radical (unpaired) electrons. The van der Waals surface area contributed by atoms with Crippen LogP contribution in [0.4, 0.5) is 0 Å². The van der Waals surface area contributed by atoms with Gasteiger partial charge in [-0.25, -0.2) is 4.79 Å². The Hall–Kier alpha value is -1.43. The second-order valence-corrected chi connectivity index (χ2v) is 5.32. The van der Waals surface area contributed by atoms with Crippen LogP contribution in [0.25, 0.3) is 0 Å². The number of carbonyl (C=O) groups is 1. The van der Waals surface area contributed by atoms with E-state index >= 15 is 0 Å². The molecule has 19 heavy (non-hydrogen) atoms. The maximum Gasteiger partial charge on any atom is 0.338 e. The Balaban J connectivity index is 2.79. The predicted octanol–water partition coefficient (Wildman–Crippen LogP) is 1.03. The van der Waals surface area contributed by atoms with Crippen molar-refractivity contribution < 1.29 is 24.9 Å². The third-order valence-electron chi connectivity index (χ3n) is 2.44. The van der Waals surface area contributed by atoms with Crippen molar-refractivity contribution in [3.8, 4) is 0 Å². The van der Waals surface area contributed by atoms with Gasteiger partial charge < -0.3 is 20.1 Å². The summed E-state index contributed by atoms with van der Waals surface area (Å²) in [6.07, 6.45) is -2.43. The number of ether oxygens (including phenoxy) is 1. The van der Waals surface area contributed by atoms with E-state index in [1.54, 1.807) is 20.8 Å². The third kappa shape index (κ3) is 4.63. The molecular formula is C14H20O5. The maximum atomic E-state index is 11.8. The highest BCUT2D eigenvalue weighted by Crippen LogP contribution is 2.19. The van der Waals surface area contributed by atoms with E-state index in [0.717, 1.165) is 0 Å². The Labute approximate surface area is 112 Å². The lowest BCUT2D eigenvalue weighted by Gasteiger charge is -2.20. The van der Waals surface area contributed by atoms with Gasteiger partial charge in [-0.3, -0.25) is 0 Å². The largest absolute Gasteiger partial charge is 0.456 e. The van der Waals surface area contributed by atoms with Crippen molar-refractivity contribution in [1.29, 1.82) is 0 Å². The second kappa shape index (κ2) is 6.14. The van der Waals surface area contributed by atoms with Crippen LogP contribution in [-0.2, 0) is 4.74 Å². The molecule has 1 aromatic rings. The highest BCUT2D eigenvalue weighted by molar-refractivity contribution is 5.89. The maximum absolute atomic E-state index is 11.8. The summed E-state index contributed by atoms with van der Waals surface area (Å²) in [7, 11) is 0. The number of benzene rings is 1. The summed E-state index contributed by atoms with van der Waals surface area (Å²) >= 11 is 0. The van der Waals surface area contributed by atoms with E-state index < -0.39 is 30.4 Å². The number of carbonyl (C=O) groups excluding carboxylic acids is 1. The first-order valence-corrected chi connectivity index (χ1v) is 6.05. The molecule has 0 aromatic heterocycles. The molecule has 0 saturated heterocycles. The zero-order chi connectivity index (χ0) is 14.6. The number of esters is 1. The van der Waals surface area contributed by atoms with Crippen LogP contribution in [0.3, 0.4) is 0 Å². The molecule has 0 aliphatic heterocycles. The number of aliphatic hydroxyl groups excluding tert-OH is 3. The first-order chi connectivity index (χ1) is 8.74. The smallest absolute Gasteiger partial charge is 0.338 e. The summed E-state index contributed by atoms with van der Waals surface area (Å²) in [6, 6.07) is 6.05. The molecule has 0 aliphatic carbocycles. The SMILES string of the molecule is CC(C)(C)OC(=O)c1ccc(C(O)C(O)CO)cc1. The molecule has 0 fully saturated rings. The van der Waals surface area contributed by atoms with Gasteiger partial charge in [0.05, 0.1) is 12.2 Å². The monoisotopic (exact) mass is 268 g/mol. The molecule has 2 atom stereocenters. The Morgan fingerprint density at radius 3 is 2.16 bits per heavy atom. The van der Waals surface area contributed by atoms with E-state index in [1.807, 2.05) is 0 Å². The lowest BCUT2D eigenvalue weighted by molar-refractivity contribution is -0.0153. The molecule has 106 valence electrons. The highest BCUT2D eigenvalue weighted by Gasteiger charge is 2.20. The van der Waals surface area contributed by atoms with E-state index in [2.05, 4.69) is 0 Å². The molecule has 1 aromatic carbocycles. The van der Waals surface area contributed by atoms with Gasteiger partial charge in [0, 0.05) is 0 Å². The summed E-state index contributed by atoms with van der Waals surface area (Å²) in [5.41, 5.74) is 0.223. The van der Waals surface area contributed by atoms with Gasteiger partial charge in [-0.15, -0.1) is 0 Å². The molecule has 0 bridgehead atoms. The van der Waals surface area contributed by atoms with Crippen LogP contribution in [0.5, 0.6) is 0 Å². The summed E-state index contributed by atoms with van der Waals surface area (Å²) in [6.45, 7) is 4.80. The van der Waals surface area contributed by atoms with Crippen LogP contribution in [0, 0.1) is 0 Å². The highest BCUT2D eigenvalue weighted by atomic mass is 16.6. The molecule has 0 amide bonds. The zero-order valence-corrected chi connectivity index (χ0v) is 11.3. The molecule has 0 aliphatic rings. The first kappa shape index (κ1) is 15.6. The molecular weight excluding hydrogens is 248 g/mol. The predicted molar refractivity (Wildman–Crippen MR) is 69.7 cm³/mol. The average molecular weight is 268 g/mol. The van der Waals surface area contributed by atoms with Crippen LogP contribution >= 0.6 is 0 Å². The van der Waals surface area contributed by atoms with E-state index in [1.165, 1.54) is 24.3 Å². The second-order valence-electron chi connectivity index (χ2n) is 5.32. The number of aliphatic hydroxyl groups is 3. The fraction of sp³-hybridized carbons (Fsp3) is 0.500. The quantitative estimate of drug-likeness (QED) is 0.710. The van der Waals surface area contributed by atoms with Gasteiger partial charge in [0.25, 0.3) is 0 Å². The molecule has 2 unspecified atom stereocenters. The van der Waals surface area contributed by atoms with Crippen molar-refractivity contribution >= 4 is 5.97 Å². The van der Waals surface area contributed by atoms with E-state index in [0.29, 0.717) is 11.1 Å². The number of rotatable bonds is 4. The molecule has 5 nitrogen and oxygen atoms in total. The minimum atomic E-state index is -1.24. The van der Waals surface area contributed by atoms with Gasteiger partial charge in [0.2, 0.25) is 0 Å². The number of hydrogen-bond donors (Lipinski definition) is 3. The van der Waals surface area contributed by atoms with Crippen molar-refractivity contribution in [2.24, 2.45) is 0 Å². The van der Waals surface area contributed by atoms with Crippen LogP contribution < -0.4 is 0 Å². The van der Waals surface area contributed by atoms with Crippen molar-refractivity contribution in [2.75, 3.05) is 6.61 Å². The van der Waals surface area contributed by atoms with Gasteiger partial charge in [0.15, 0.2) is 0 Å².